The number of nitrogens with one attached hydrogen (secondary N) is 1. The van der Waals surface area contributed by atoms with Gasteiger partial charge in [-0.1, -0.05) is 17.3 Å². The fourth-order valence-corrected chi connectivity index (χ4v) is 3.01. The summed E-state index contributed by atoms with van der Waals surface area (Å²) in [6.07, 6.45) is -0.286. The Balaban J connectivity index is 1.47. The number of ether oxygens (including phenoxy) is 2. The van der Waals surface area contributed by atoms with Crippen LogP contribution in [0.15, 0.2) is 28.8 Å². The minimum Gasteiger partial charge on any atom is -0.495 e. The standard InChI is InChI=1S/C19H25N5O5/c1-3-28-19(26)24-10-8-23(9-11-24)13-18-21-16(22-29-18)12-17(25)20-14-6-4-5-7-15(14)27-2/h4-7H,3,8-13H2,1-2H3,(H,20,25). The zero-order valence-electron chi connectivity index (χ0n) is 16.6. The number of nitrogens with zero attached hydrogens (tertiary/aromatic N) is 4. The van der Waals surface area contributed by atoms with Crippen molar-refractivity contribution in [1.82, 2.24) is 19.9 Å². The molecule has 0 saturated carbocycles. The van der Waals surface area contributed by atoms with Crippen molar-refractivity contribution in [2.45, 2.75) is 19.9 Å². The molecular weight excluding hydrogens is 378 g/mol. The molecule has 10 heteroatoms. The van der Waals surface area contributed by atoms with E-state index in [9.17, 15) is 9.59 Å². The molecule has 3 rings (SSSR count). The second-order valence-electron chi connectivity index (χ2n) is 6.49. The van der Waals surface area contributed by atoms with E-state index in [4.69, 9.17) is 14.0 Å². The molecule has 2 amide bonds. The van der Waals surface area contributed by atoms with Crippen molar-refractivity contribution in [3.63, 3.8) is 0 Å². The predicted octanol–water partition coefficient (Wildman–Crippen LogP) is 1.53. The summed E-state index contributed by atoms with van der Waals surface area (Å²) in [7, 11) is 1.54. The molecule has 1 N–H and O–H groups in total. The quantitative estimate of drug-likeness (QED) is 0.741. The number of rotatable bonds is 7. The average molecular weight is 403 g/mol. The van der Waals surface area contributed by atoms with Gasteiger partial charge < -0.3 is 24.2 Å². The van der Waals surface area contributed by atoms with Gasteiger partial charge in [-0.25, -0.2) is 4.79 Å². The Morgan fingerprint density at radius 1 is 1.21 bits per heavy atom. The highest BCUT2D eigenvalue weighted by molar-refractivity contribution is 5.93. The maximum atomic E-state index is 12.3. The number of para-hydroxylation sites is 2. The summed E-state index contributed by atoms with van der Waals surface area (Å²) < 4.78 is 15.5. The summed E-state index contributed by atoms with van der Waals surface area (Å²) in [4.78, 5) is 32.1. The van der Waals surface area contributed by atoms with Crippen LogP contribution >= 0.6 is 0 Å². The highest BCUT2D eigenvalue weighted by Gasteiger charge is 2.23. The van der Waals surface area contributed by atoms with E-state index in [0.29, 0.717) is 62.5 Å². The third-order valence-electron chi connectivity index (χ3n) is 4.47. The number of hydrogen-bond donors (Lipinski definition) is 1. The number of carbonyl (C=O) groups is 2. The first-order valence-corrected chi connectivity index (χ1v) is 9.47. The minimum absolute atomic E-state index is 0.00180. The molecule has 0 unspecified atom stereocenters. The highest BCUT2D eigenvalue weighted by Crippen LogP contribution is 2.23. The predicted molar refractivity (Wildman–Crippen MR) is 103 cm³/mol. The van der Waals surface area contributed by atoms with Gasteiger partial charge in [0.1, 0.15) is 5.75 Å². The lowest BCUT2D eigenvalue weighted by molar-refractivity contribution is -0.115. The Morgan fingerprint density at radius 2 is 1.97 bits per heavy atom. The fraction of sp³-hybridized carbons (Fsp3) is 0.474. The van der Waals surface area contributed by atoms with E-state index in [1.165, 1.54) is 0 Å². The number of piperazine rings is 1. The largest absolute Gasteiger partial charge is 0.495 e. The summed E-state index contributed by atoms with van der Waals surface area (Å²) >= 11 is 0. The number of benzene rings is 1. The van der Waals surface area contributed by atoms with Gasteiger partial charge in [0.25, 0.3) is 0 Å². The third-order valence-corrected chi connectivity index (χ3v) is 4.47. The van der Waals surface area contributed by atoms with Crippen molar-refractivity contribution in [3.05, 3.63) is 36.0 Å². The van der Waals surface area contributed by atoms with Crippen LogP contribution in [0.2, 0.25) is 0 Å². The van der Waals surface area contributed by atoms with Crippen LogP contribution in [0.3, 0.4) is 0 Å². The van der Waals surface area contributed by atoms with Gasteiger partial charge in [0.2, 0.25) is 11.8 Å². The third kappa shape index (κ3) is 5.67. The lowest BCUT2D eigenvalue weighted by Gasteiger charge is -2.33. The van der Waals surface area contributed by atoms with Gasteiger partial charge in [0.15, 0.2) is 5.82 Å². The molecule has 0 bridgehead atoms. The Morgan fingerprint density at radius 3 is 2.69 bits per heavy atom. The van der Waals surface area contributed by atoms with Crippen molar-refractivity contribution in [1.29, 1.82) is 0 Å². The van der Waals surface area contributed by atoms with Crippen LogP contribution in [0.25, 0.3) is 0 Å². The highest BCUT2D eigenvalue weighted by atomic mass is 16.6. The molecule has 0 radical (unpaired) electrons. The number of carbonyl (C=O) groups excluding carboxylic acids is 2. The number of hydrogen-bond acceptors (Lipinski definition) is 8. The van der Waals surface area contributed by atoms with Crippen molar-refractivity contribution in [2.24, 2.45) is 0 Å². The Kier molecular flexibility index (Phi) is 7.01. The van der Waals surface area contributed by atoms with Gasteiger partial charge >= 0.3 is 6.09 Å². The molecule has 156 valence electrons. The molecule has 2 heterocycles. The first kappa shape index (κ1) is 20.6. The maximum Gasteiger partial charge on any atom is 0.409 e. The second kappa shape index (κ2) is 9.87. The van der Waals surface area contributed by atoms with Gasteiger partial charge in [0, 0.05) is 26.2 Å². The van der Waals surface area contributed by atoms with Crippen LogP contribution in [0, 0.1) is 0 Å². The van der Waals surface area contributed by atoms with Crippen LogP contribution in [0.1, 0.15) is 18.6 Å². The van der Waals surface area contributed by atoms with E-state index in [1.54, 1.807) is 31.1 Å². The zero-order valence-corrected chi connectivity index (χ0v) is 16.6. The van der Waals surface area contributed by atoms with Gasteiger partial charge in [0.05, 0.1) is 32.4 Å². The van der Waals surface area contributed by atoms with Crippen molar-refractivity contribution in [2.75, 3.05) is 45.2 Å². The fourth-order valence-electron chi connectivity index (χ4n) is 3.01. The molecule has 1 saturated heterocycles. The van der Waals surface area contributed by atoms with Crippen LogP contribution in [-0.2, 0) is 22.5 Å². The Labute approximate surface area is 168 Å². The van der Waals surface area contributed by atoms with E-state index in [-0.39, 0.29) is 18.4 Å². The molecule has 1 aromatic heterocycles. The molecule has 1 aliphatic rings. The van der Waals surface area contributed by atoms with Gasteiger partial charge in [-0.2, -0.15) is 4.98 Å². The molecule has 2 aromatic rings. The topological polar surface area (TPSA) is 110 Å². The molecule has 0 atom stereocenters. The lowest BCUT2D eigenvalue weighted by atomic mass is 10.2. The number of anilines is 1. The summed E-state index contributed by atoms with van der Waals surface area (Å²) in [6, 6.07) is 7.16. The molecular formula is C19H25N5O5. The van der Waals surface area contributed by atoms with E-state index in [0.717, 1.165) is 0 Å². The monoisotopic (exact) mass is 403 g/mol. The normalized spacial score (nSPS) is 14.5. The van der Waals surface area contributed by atoms with E-state index < -0.39 is 0 Å². The smallest absolute Gasteiger partial charge is 0.409 e. The molecule has 1 fully saturated rings. The van der Waals surface area contributed by atoms with Crippen LogP contribution in [-0.4, -0.2) is 71.8 Å². The van der Waals surface area contributed by atoms with Gasteiger partial charge in [-0.3, -0.25) is 9.69 Å². The van der Waals surface area contributed by atoms with Crippen LogP contribution < -0.4 is 10.1 Å². The maximum absolute atomic E-state index is 12.3. The van der Waals surface area contributed by atoms with Gasteiger partial charge in [-0.05, 0) is 19.1 Å². The van der Waals surface area contributed by atoms with Crippen LogP contribution in [0.4, 0.5) is 10.5 Å². The number of methoxy groups -OCH3 is 1. The lowest BCUT2D eigenvalue weighted by Crippen LogP contribution is -2.48. The van der Waals surface area contributed by atoms with Crippen molar-refractivity contribution < 1.29 is 23.6 Å². The summed E-state index contributed by atoms with van der Waals surface area (Å²) in [5.74, 6) is 1.08. The Bertz CT molecular complexity index is 832. The minimum atomic E-state index is -0.284. The molecule has 10 nitrogen and oxygen atoms in total. The second-order valence-corrected chi connectivity index (χ2v) is 6.49. The molecule has 0 spiro atoms. The average Bonchev–Trinajstić information content (AvgIpc) is 3.15. The molecule has 1 aliphatic heterocycles. The number of aromatic nitrogens is 2. The zero-order chi connectivity index (χ0) is 20.6. The number of amides is 2. The van der Waals surface area contributed by atoms with Crippen molar-refractivity contribution in [3.8, 4) is 5.75 Å². The van der Waals surface area contributed by atoms with E-state index in [2.05, 4.69) is 20.4 Å². The van der Waals surface area contributed by atoms with E-state index >= 15 is 0 Å². The molecule has 29 heavy (non-hydrogen) atoms. The Hall–Kier alpha value is -3.14. The van der Waals surface area contributed by atoms with Gasteiger partial charge in [-0.15, -0.1) is 0 Å². The summed E-state index contributed by atoms with van der Waals surface area (Å²) in [6.45, 7) is 5.17. The summed E-state index contributed by atoms with van der Waals surface area (Å²) in [5.41, 5.74) is 0.586. The molecule has 0 aliphatic carbocycles. The molecule has 1 aromatic carbocycles. The van der Waals surface area contributed by atoms with E-state index in [1.807, 2.05) is 12.1 Å². The SMILES string of the molecule is CCOC(=O)N1CCN(Cc2nc(CC(=O)Nc3ccccc3OC)no2)CC1. The van der Waals surface area contributed by atoms with Crippen LogP contribution in [0.5, 0.6) is 5.75 Å². The first-order valence-electron chi connectivity index (χ1n) is 9.47. The van der Waals surface area contributed by atoms with Crippen molar-refractivity contribution >= 4 is 17.7 Å². The first-order chi connectivity index (χ1) is 14.1. The summed E-state index contributed by atoms with van der Waals surface area (Å²) in [5, 5.41) is 6.66.